The van der Waals surface area contributed by atoms with Crippen molar-refractivity contribution in [1.29, 1.82) is 0 Å². The number of alkyl halides is 3. The van der Waals surface area contributed by atoms with Crippen LogP contribution in [0.5, 0.6) is 0 Å². The van der Waals surface area contributed by atoms with Gasteiger partial charge in [0.25, 0.3) is 5.91 Å². The van der Waals surface area contributed by atoms with Crippen LogP contribution < -0.4 is 0 Å². The van der Waals surface area contributed by atoms with Gasteiger partial charge in [0.1, 0.15) is 0 Å². The Kier molecular flexibility index (Phi) is 6.61. The van der Waals surface area contributed by atoms with Crippen molar-refractivity contribution in [2.45, 2.75) is 56.5 Å². The Labute approximate surface area is 197 Å². The monoisotopic (exact) mass is 476 g/mol. The Hall–Kier alpha value is -2.65. The Morgan fingerprint density at radius 1 is 1.32 bits per heavy atom. The summed E-state index contributed by atoms with van der Waals surface area (Å²) in [5, 5.41) is 15.8. The highest BCUT2D eigenvalue weighted by atomic mass is 19.4. The second-order valence-electron chi connectivity index (χ2n) is 9.49. The topological polar surface area (TPSA) is 61.6 Å². The van der Waals surface area contributed by atoms with Gasteiger partial charge in [-0.3, -0.25) is 14.4 Å². The number of allylic oxidation sites excluding steroid dienone is 1. The van der Waals surface area contributed by atoms with Crippen LogP contribution in [0.4, 0.5) is 13.2 Å². The second kappa shape index (κ2) is 9.19. The lowest BCUT2D eigenvalue weighted by Gasteiger charge is -2.43. The lowest BCUT2D eigenvalue weighted by molar-refractivity contribution is -0.137. The molecule has 1 fully saturated rings. The molecule has 2 heterocycles. The first kappa shape index (κ1) is 24.5. The molecule has 0 saturated carbocycles. The highest BCUT2D eigenvalue weighted by Gasteiger charge is 2.40. The highest BCUT2D eigenvalue weighted by Crippen LogP contribution is 2.38. The van der Waals surface area contributed by atoms with Crippen LogP contribution in [0, 0.1) is 0 Å². The van der Waals surface area contributed by atoms with Crippen molar-refractivity contribution in [3.05, 3.63) is 65.0 Å². The molecule has 0 bridgehead atoms. The number of hydrogen-bond donors (Lipinski definition) is 1. The first-order valence-electron chi connectivity index (χ1n) is 11.6. The van der Waals surface area contributed by atoms with E-state index in [1.165, 1.54) is 11.0 Å². The van der Waals surface area contributed by atoms with E-state index < -0.39 is 17.3 Å². The molecule has 1 saturated heterocycles. The minimum absolute atomic E-state index is 0.128. The van der Waals surface area contributed by atoms with Crippen LogP contribution >= 0.6 is 0 Å². The molecule has 0 spiro atoms. The normalized spacial score (nSPS) is 20.6. The van der Waals surface area contributed by atoms with Crippen LogP contribution in [0.2, 0.25) is 0 Å². The predicted octanol–water partition coefficient (Wildman–Crippen LogP) is 3.63. The molecule has 1 unspecified atom stereocenters. The summed E-state index contributed by atoms with van der Waals surface area (Å²) in [5.41, 5.74) is 0.810. The van der Waals surface area contributed by atoms with Crippen LogP contribution in [-0.2, 0) is 31.2 Å². The number of benzene rings is 1. The maximum Gasteiger partial charge on any atom is 0.416 e. The van der Waals surface area contributed by atoms with Gasteiger partial charge in [-0.15, -0.1) is 6.58 Å². The van der Waals surface area contributed by atoms with E-state index in [1.54, 1.807) is 26.2 Å². The van der Waals surface area contributed by atoms with E-state index in [4.69, 9.17) is 0 Å². The zero-order valence-corrected chi connectivity index (χ0v) is 19.6. The zero-order chi connectivity index (χ0) is 24.7. The molecule has 1 amide bonds. The molecular weight excluding hydrogens is 445 g/mol. The van der Waals surface area contributed by atoms with Crippen LogP contribution in [-0.4, -0.2) is 63.8 Å². The van der Waals surface area contributed by atoms with Crippen molar-refractivity contribution in [3.8, 4) is 0 Å². The van der Waals surface area contributed by atoms with E-state index in [-0.39, 0.29) is 11.9 Å². The molecule has 1 aromatic carbocycles. The average Bonchev–Trinajstić information content (AvgIpc) is 3.16. The number of fused-ring (bicyclic) bond motifs is 1. The van der Waals surface area contributed by atoms with Gasteiger partial charge in [0.15, 0.2) is 5.69 Å². The number of aromatic nitrogens is 2. The van der Waals surface area contributed by atoms with Gasteiger partial charge >= 0.3 is 6.18 Å². The first-order valence-corrected chi connectivity index (χ1v) is 11.6. The third kappa shape index (κ3) is 4.63. The van der Waals surface area contributed by atoms with Crippen molar-refractivity contribution in [3.63, 3.8) is 0 Å². The lowest BCUT2D eigenvalue weighted by atomic mass is 9.82. The molecule has 1 atom stereocenters. The average molecular weight is 477 g/mol. The summed E-state index contributed by atoms with van der Waals surface area (Å²) in [6, 6.07) is 5.21. The van der Waals surface area contributed by atoms with Crippen LogP contribution in [0.3, 0.4) is 0 Å². The number of carbonyl (C=O) groups is 1. The van der Waals surface area contributed by atoms with Gasteiger partial charge in [0.2, 0.25) is 0 Å². The summed E-state index contributed by atoms with van der Waals surface area (Å²) in [7, 11) is 3.42. The summed E-state index contributed by atoms with van der Waals surface area (Å²) in [4.78, 5) is 16.6. The number of piperidine rings is 1. The first-order chi connectivity index (χ1) is 16.0. The summed E-state index contributed by atoms with van der Waals surface area (Å²) in [5.74, 6) is -0.128. The molecule has 4 rings (SSSR count). The summed E-state index contributed by atoms with van der Waals surface area (Å²) < 4.78 is 41.3. The molecule has 0 radical (unpaired) electrons. The minimum atomic E-state index is -4.44. The number of carbonyl (C=O) groups excluding carboxylic acids is 1. The van der Waals surface area contributed by atoms with Gasteiger partial charge in [-0.1, -0.05) is 18.2 Å². The van der Waals surface area contributed by atoms with Crippen LogP contribution in [0.1, 0.15) is 52.1 Å². The molecule has 1 aromatic heterocycles. The SMILES string of the molecule is C=CCn1nc(C(=O)N(C)C)c2c1CCC(N1CCC(O)(c3cccc(C(F)(F)F)c3)CC1)C2. The maximum atomic E-state index is 13.1. The quantitative estimate of drug-likeness (QED) is 0.670. The summed E-state index contributed by atoms with van der Waals surface area (Å²) in [6.07, 6.45) is 0.410. The molecule has 34 heavy (non-hydrogen) atoms. The second-order valence-corrected chi connectivity index (χ2v) is 9.49. The third-order valence-electron chi connectivity index (χ3n) is 7.10. The molecular formula is C25H31F3N4O2. The highest BCUT2D eigenvalue weighted by molar-refractivity contribution is 5.93. The van der Waals surface area contributed by atoms with Gasteiger partial charge in [-0.2, -0.15) is 18.3 Å². The number of likely N-dealkylation sites (tertiary alicyclic amines) is 1. The smallest absolute Gasteiger partial charge is 0.385 e. The zero-order valence-electron chi connectivity index (χ0n) is 19.6. The molecule has 2 aromatic rings. The largest absolute Gasteiger partial charge is 0.416 e. The molecule has 1 N–H and O–H groups in total. The van der Waals surface area contributed by atoms with Crippen LogP contribution in [0.25, 0.3) is 0 Å². The number of hydrogen-bond acceptors (Lipinski definition) is 4. The number of nitrogens with zero attached hydrogens (tertiary/aromatic N) is 4. The van der Waals surface area contributed by atoms with E-state index in [0.29, 0.717) is 50.2 Å². The maximum absolute atomic E-state index is 13.1. The Morgan fingerprint density at radius 3 is 2.65 bits per heavy atom. The fraction of sp³-hybridized carbons (Fsp3) is 0.520. The lowest BCUT2D eigenvalue weighted by Crippen LogP contribution is -2.48. The predicted molar refractivity (Wildman–Crippen MR) is 122 cm³/mol. The standard InChI is InChI=1S/C25H31F3N4O2/c1-4-12-32-21-9-8-19(16-20(21)22(29-32)23(33)30(2)3)31-13-10-24(34,11-14-31)17-6-5-7-18(15-17)25(26,27)28/h4-7,15,19,34H,1,8-14,16H2,2-3H3. The van der Waals surface area contributed by atoms with Crippen molar-refractivity contribution >= 4 is 5.91 Å². The Bertz CT molecular complexity index is 1070. The third-order valence-corrected chi connectivity index (χ3v) is 7.10. The van der Waals surface area contributed by atoms with E-state index in [2.05, 4.69) is 16.6 Å². The fourth-order valence-corrected chi connectivity index (χ4v) is 5.17. The van der Waals surface area contributed by atoms with E-state index in [1.807, 2.05) is 4.68 Å². The fourth-order valence-electron chi connectivity index (χ4n) is 5.17. The van der Waals surface area contributed by atoms with Gasteiger partial charge in [0, 0.05) is 44.5 Å². The molecule has 184 valence electrons. The van der Waals surface area contributed by atoms with E-state index >= 15 is 0 Å². The number of rotatable bonds is 5. The van der Waals surface area contributed by atoms with Gasteiger partial charge < -0.3 is 10.0 Å². The van der Waals surface area contributed by atoms with Crippen LogP contribution in [0.15, 0.2) is 36.9 Å². The molecule has 2 aliphatic rings. The number of halogens is 3. The summed E-state index contributed by atoms with van der Waals surface area (Å²) in [6.45, 7) is 5.48. The summed E-state index contributed by atoms with van der Waals surface area (Å²) >= 11 is 0. The van der Waals surface area contributed by atoms with Gasteiger partial charge in [0.05, 0.1) is 17.7 Å². The van der Waals surface area contributed by atoms with Crippen molar-refractivity contribution < 1.29 is 23.1 Å². The molecule has 1 aliphatic carbocycles. The Morgan fingerprint density at radius 2 is 2.03 bits per heavy atom. The van der Waals surface area contributed by atoms with Crippen molar-refractivity contribution in [2.24, 2.45) is 0 Å². The molecule has 1 aliphatic heterocycles. The molecule has 6 nitrogen and oxygen atoms in total. The van der Waals surface area contributed by atoms with E-state index in [9.17, 15) is 23.1 Å². The number of amides is 1. The van der Waals surface area contributed by atoms with Gasteiger partial charge in [-0.05, 0) is 49.8 Å². The van der Waals surface area contributed by atoms with E-state index in [0.717, 1.165) is 36.2 Å². The molecule has 9 heteroatoms. The van der Waals surface area contributed by atoms with Crippen molar-refractivity contribution in [1.82, 2.24) is 19.6 Å². The Balaban J connectivity index is 1.50. The van der Waals surface area contributed by atoms with Gasteiger partial charge in [-0.25, -0.2) is 0 Å². The minimum Gasteiger partial charge on any atom is -0.385 e. The van der Waals surface area contributed by atoms with Crippen molar-refractivity contribution in [2.75, 3.05) is 27.2 Å². The number of aliphatic hydroxyl groups is 1.